The van der Waals surface area contributed by atoms with Crippen LogP contribution in [0, 0.1) is 0 Å². The lowest BCUT2D eigenvalue weighted by Crippen LogP contribution is -2.24. The van der Waals surface area contributed by atoms with E-state index in [2.05, 4.69) is 20.4 Å². The van der Waals surface area contributed by atoms with Crippen LogP contribution in [0.25, 0.3) is 11.5 Å². The van der Waals surface area contributed by atoms with Gasteiger partial charge in [0.05, 0.1) is 0 Å². The van der Waals surface area contributed by atoms with Crippen molar-refractivity contribution in [1.82, 2.24) is 20.4 Å². The van der Waals surface area contributed by atoms with Crippen molar-refractivity contribution in [3.05, 3.63) is 30.4 Å². The lowest BCUT2D eigenvalue weighted by molar-refractivity contribution is 0.418. The first-order valence-electron chi connectivity index (χ1n) is 5.88. The maximum atomic E-state index is 5.24. The molecule has 3 rings (SSSR count). The van der Waals surface area contributed by atoms with Crippen molar-refractivity contribution in [1.29, 1.82) is 0 Å². The first-order chi connectivity index (χ1) is 8.42. The molecule has 1 unspecified atom stereocenters. The van der Waals surface area contributed by atoms with Crippen molar-refractivity contribution < 1.29 is 4.52 Å². The van der Waals surface area contributed by atoms with E-state index in [1.807, 2.05) is 12.1 Å². The summed E-state index contributed by atoms with van der Waals surface area (Å²) >= 11 is 0. The fourth-order valence-corrected chi connectivity index (χ4v) is 2.10. The van der Waals surface area contributed by atoms with Gasteiger partial charge in [0.1, 0.15) is 0 Å². The van der Waals surface area contributed by atoms with E-state index in [9.17, 15) is 0 Å². The minimum atomic E-state index is 0.498. The number of hydrogen-bond acceptors (Lipinski definition) is 5. The zero-order chi connectivity index (χ0) is 11.5. The van der Waals surface area contributed by atoms with E-state index in [1.165, 1.54) is 12.8 Å². The molecule has 1 saturated heterocycles. The Balaban J connectivity index is 1.74. The van der Waals surface area contributed by atoms with Crippen LogP contribution in [0.5, 0.6) is 0 Å². The normalized spacial score (nSPS) is 19.6. The molecule has 17 heavy (non-hydrogen) atoms. The Morgan fingerprint density at radius 1 is 1.35 bits per heavy atom. The molecular formula is C12H14N4O. The highest BCUT2D eigenvalue weighted by Gasteiger charge is 2.17. The van der Waals surface area contributed by atoms with E-state index in [1.54, 1.807) is 12.4 Å². The molecule has 0 radical (unpaired) electrons. The van der Waals surface area contributed by atoms with Gasteiger partial charge in [0.15, 0.2) is 5.82 Å². The summed E-state index contributed by atoms with van der Waals surface area (Å²) in [5.41, 5.74) is 0.915. The van der Waals surface area contributed by atoms with Gasteiger partial charge in [0.25, 0.3) is 5.89 Å². The number of aromatic nitrogens is 3. The highest BCUT2D eigenvalue weighted by Crippen LogP contribution is 2.17. The van der Waals surface area contributed by atoms with E-state index < -0.39 is 0 Å². The van der Waals surface area contributed by atoms with Crippen LogP contribution in [0.15, 0.2) is 29.0 Å². The molecule has 0 amide bonds. The Kier molecular flexibility index (Phi) is 2.83. The van der Waals surface area contributed by atoms with Crippen molar-refractivity contribution >= 4 is 0 Å². The predicted molar refractivity (Wildman–Crippen MR) is 62.3 cm³/mol. The Hall–Kier alpha value is -1.75. The summed E-state index contributed by atoms with van der Waals surface area (Å²) < 4.78 is 5.24. The summed E-state index contributed by atoms with van der Waals surface area (Å²) in [6, 6.07) is 4.23. The van der Waals surface area contributed by atoms with Crippen LogP contribution >= 0.6 is 0 Å². The first-order valence-corrected chi connectivity index (χ1v) is 5.88. The van der Waals surface area contributed by atoms with Crippen LogP contribution in [0.3, 0.4) is 0 Å². The molecule has 2 aromatic heterocycles. The van der Waals surface area contributed by atoms with Crippen LogP contribution < -0.4 is 5.32 Å². The molecular weight excluding hydrogens is 216 g/mol. The summed E-state index contributed by atoms with van der Waals surface area (Å²) in [4.78, 5) is 8.36. The third-order valence-corrected chi connectivity index (χ3v) is 2.99. The average Bonchev–Trinajstić information content (AvgIpc) is 3.02. The highest BCUT2D eigenvalue weighted by molar-refractivity contribution is 5.50. The quantitative estimate of drug-likeness (QED) is 0.864. The lowest BCUT2D eigenvalue weighted by Gasteiger charge is -2.04. The maximum Gasteiger partial charge on any atom is 0.258 e. The molecule has 1 fully saturated rings. The van der Waals surface area contributed by atoms with E-state index in [0.717, 1.165) is 24.4 Å². The molecule has 3 heterocycles. The molecule has 2 aromatic rings. The topological polar surface area (TPSA) is 63.8 Å². The van der Waals surface area contributed by atoms with Gasteiger partial charge in [-0.1, -0.05) is 5.16 Å². The number of nitrogens with zero attached hydrogens (tertiary/aromatic N) is 3. The maximum absolute atomic E-state index is 5.24. The average molecular weight is 230 g/mol. The molecule has 5 heteroatoms. The molecule has 88 valence electrons. The van der Waals surface area contributed by atoms with Gasteiger partial charge in [-0.2, -0.15) is 4.98 Å². The van der Waals surface area contributed by atoms with E-state index in [4.69, 9.17) is 4.52 Å². The second-order valence-corrected chi connectivity index (χ2v) is 4.25. The SMILES string of the molecule is c1cc(-c2nc(CC3CCCN3)no2)ccn1. The predicted octanol–water partition coefficient (Wildman–Crippen LogP) is 1.43. The summed E-state index contributed by atoms with van der Waals surface area (Å²) in [5.74, 6) is 1.34. The second kappa shape index (κ2) is 4.63. The van der Waals surface area contributed by atoms with Gasteiger partial charge in [0.2, 0.25) is 0 Å². The molecule has 0 aliphatic carbocycles. The zero-order valence-corrected chi connectivity index (χ0v) is 9.47. The standard InChI is InChI=1S/C12H14N4O/c1-2-10(14-5-1)8-11-15-12(17-16-11)9-3-6-13-7-4-9/h3-4,6-7,10,14H,1-2,5,8H2. The van der Waals surface area contributed by atoms with Crippen LogP contribution in [-0.2, 0) is 6.42 Å². The van der Waals surface area contributed by atoms with E-state index >= 15 is 0 Å². The minimum absolute atomic E-state index is 0.498. The molecule has 1 aliphatic rings. The molecule has 1 atom stereocenters. The molecule has 0 bridgehead atoms. The monoisotopic (exact) mass is 230 g/mol. The summed E-state index contributed by atoms with van der Waals surface area (Å²) in [6.07, 6.45) is 6.71. The Bertz CT molecular complexity index is 476. The van der Waals surface area contributed by atoms with Gasteiger partial charge in [0, 0.05) is 30.4 Å². The van der Waals surface area contributed by atoms with Crippen LogP contribution in [0.4, 0.5) is 0 Å². The second-order valence-electron chi connectivity index (χ2n) is 4.25. The Morgan fingerprint density at radius 2 is 2.24 bits per heavy atom. The highest BCUT2D eigenvalue weighted by atomic mass is 16.5. The third-order valence-electron chi connectivity index (χ3n) is 2.99. The first kappa shape index (κ1) is 10.4. The Labute approximate surface area is 99.3 Å². The van der Waals surface area contributed by atoms with Crippen molar-refractivity contribution in [3.63, 3.8) is 0 Å². The number of pyridine rings is 1. The van der Waals surface area contributed by atoms with Gasteiger partial charge in [-0.3, -0.25) is 4.98 Å². The van der Waals surface area contributed by atoms with Gasteiger partial charge in [-0.15, -0.1) is 0 Å². The number of hydrogen-bond donors (Lipinski definition) is 1. The molecule has 0 aromatic carbocycles. The lowest BCUT2D eigenvalue weighted by atomic mass is 10.1. The minimum Gasteiger partial charge on any atom is -0.334 e. The molecule has 5 nitrogen and oxygen atoms in total. The van der Waals surface area contributed by atoms with Crippen LogP contribution in [-0.4, -0.2) is 27.7 Å². The summed E-state index contributed by atoms with van der Waals surface area (Å²) in [5, 5.41) is 7.43. The van der Waals surface area contributed by atoms with Gasteiger partial charge in [-0.05, 0) is 31.5 Å². The van der Waals surface area contributed by atoms with Gasteiger partial charge in [-0.25, -0.2) is 0 Å². The summed E-state index contributed by atoms with van der Waals surface area (Å²) in [6.45, 7) is 1.10. The van der Waals surface area contributed by atoms with Gasteiger partial charge >= 0.3 is 0 Å². The van der Waals surface area contributed by atoms with Crippen molar-refractivity contribution in [2.75, 3.05) is 6.54 Å². The Morgan fingerprint density at radius 3 is 3.00 bits per heavy atom. The van der Waals surface area contributed by atoms with E-state index in [0.29, 0.717) is 11.9 Å². The fourth-order valence-electron chi connectivity index (χ4n) is 2.10. The number of nitrogens with one attached hydrogen (secondary N) is 1. The molecule has 0 spiro atoms. The fraction of sp³-hybridized carbons (Fsp3) is 0.417. The number of rotatable bonds is 3. The molecule has 0 saturated carbocycles. The van der Waals surface area contributed by atoms with Crippen molar-refractivity contribution in [2.45, 2.75) is 25.3 Å². The van der Waals surface area contributed by atoms with Gasteiger partial charge < -0.3 is 9.84 Å². The van der Waals surface area contributed by atoms with E-state index in [-0.39, 0.29) is 0 Å². The van der Waals surface area contributed by atoms with Crippen LogP contribution in [0.1, 0.15) is 18.7 Å². The van der Waals surface area contributed by atoms with Crippen molar-refractivity contribution in [2.24, 2.45) is 0 Å². The summed E-state index contributed by atoms with van der Waals surface area (Å²) in [7, 11) is 0. The zero-order valence-electron chi connectivity index (χ0n) is 9.47. The molecule has 1 N–H and O–H groups in total. The molecule has 1 aliphatic heterocycles. The van der Waals surface area contributed by atoms with Crippen molar-refractivity contribution in [3.8, 4) is 11.5 Å². The largest absolute Gasteiger partial charge is 0.334 e. The smallest absolute Gasteiger partial charge is 0.258 e. The van der Waals surface area contributed by atoms with Crippen LogP contribution in [0.2, 0.25) is 0 Å². The third kappa shape index (κ3) is 2.34.